The Morgan fingerprint density at radius 2 is 2.06 bits per heavy atom. The van der Waals surface area contributed by atoms with Crippen molar-refractivity contribution in [1.29, 1.82) is 0 Å². The number of carbonyl (C=O) groups excluding carboxylic acids is 1. The number of pyridine rings is 1. The molecule has 1 aromatic heterocycles. The summed E-state index contributed by atoms with van der Waals surface area (Å²) in [4.78, 5) is 10.3. The molecule has 0 atom stereocenters. The van der Waals surface area contributed by atoms with Crippen molar-refractivity contribution in [3.05, 3.63) is 63.9 Å². The number of benzene rings is 1. The minimum absolute atomic E-state index is 0.637. The summed E-state index contributed by atoms with van der Waals surface area (Å²) in [5.41, 5.74) is 1.72. The topological polar surface area (TPSA) is 22.0 Å². The number of aldehydes is 1. The molecule has 2 aromatic rings. The fourth-order valence-corrected chi connectivity index (χ4v) is 2.10. The second kappa shape index (κ2) is 5.76. The Morgan fingerprint density at radius 3 is 2.78 bits per heavy atom. The van der Waals surface area contributed by atoms with E-state index < -0.39 is 0 Å². The van der Waals surface area contributed by atoms with Gasteiger partial charge in [0.2, 0.25) is 0 Å². The molecule has 2 nitrogen and oxygen atoms in total. The lowest BCUT2D eigenvalue weighted by atomic mass is 10.2. The number of rotatable bonds is 3. The maximum atomic E-state index is 10.3. The van der Waals surface area contributed by atoms with E-state index in [-0.39, 0.29) is 0 Å². The van der Waals surface area contributed by atoms with Gasteiger partial charge in [-0.25, -0.2) is 0 Å². The monoisotopic (exact) mass is 275 g/mol. The van der Waals surface area contributed by atoms with Crippen LogP contribution >= 0.6 is 23.8 Å². The second-order valence-corrected chi connectivity index (χ2v) is 4.44. The molecule has 0 amide bonds. The van der Waals surface area contributed by atoms with E-state index in [4.69, 9.17) is 23.8 Å². The third kappa shape index (κ3) is 2.75. The average Bonchev–Trinajstić information content (AvgIpc) is 2.37. The first-order valence-corrected chi connectivity index (χ1v) is 6.10. The normalized spacial score (nSPS) is 10.7. The van der Waals surface area contributed by atoms with Gasteiger partial charge in [0.05, 0.1) is 0 Å². The van der Waals surface area contributed by atoms with Crippen molar-refractivity contribution >= 4 is 36.2 Å². The van der Waals surface area contributed by atoms with Gasteiger partial charge in [0.1, 0.15) is 10.9 Å². The number of allylic oxidation sites excluding steroid dienone is 1. The Balaban J connectivity index is 2.56. The average molecular weight is 276 g/mol. The van der Waals surface area contributed by atoms with Crippen LogP contribution in [-0.2, 0) is 4.79 Å². The highest BCUT2D eigenvalue weighted by Crippen LogP contribution is 2.17. The Kier molecular flexibility index (Phi) is 4.07. The van der Waals surface area contributed by atoms with Gasteiger partial charge in [0.25, 0.3) is 0 Å². The smallest absolute Gasteiger partial charge is 0.142 e. The third-order valence-corrected chi connectivity index (χ3v) is 3.08. The Morgan fingerprint density at radius 1 is 1.22 bits per heavy atom. The first kappa shape index (κ1) is 12.7. The number of hydrogen-bond donors (Lipinski definition) is 0. The number of nitrogens with zero attached hydrogens (tertiary/aromatic N) is 1. The summed E-state index contributed by atoms with van der Waals surface area (Å²) in [5.74, 6) is 0. The van der Waals surface area contributed by atoms with Crippen LogP contribution in [0.5, 0.6) is 0 Å². The number of carbonyl (C=O) groups is 1. The zero-order valence-corrected chi connectivity index (χ0v) is 11.0. The Hall–Kier alpha value is -1.71. The lowest BCUT2D eigenvalue weighted by molar-refractivity contribution is -0.104. The van der Waals surface area contributed by atoms with E-state index in [0.717, 1.165) is 17.5 Å². The van der Waals surface area contributed by atoms with Crippen LogP contribution in [0.3, 0.4) is 0 Å². The predicted molar refractivity (Wildman–Crippen MR) is 76.7 cm³/mol. The van der Waals surface area contributed by atoms with Gasteiger partial charge in [0.15, 0.2) is 0 Å². The molecule has 0 aliphatic heterocycles. The maximum Gasteiger partial charge on any atom is 0.142 e. The van der Waals surface area contributed by atoms with Crippen LogP contribution in [0.4, 0.5) is 0 Å². The lowest BCUT2D eigenvalue weighted by Gasteiger charge is -2.08. The number of hydrogen-bond acceptors (Lipinski definition) is 2. The van der Waals surface area contributed by atoms with Crippen LogP contribution < -0.4 is 0 Å². The van der Waals surface area contributed by atoms with E-state index in [1.54, 1.807) is 6.08 Å². The van der Waals surface area contributed by atoms with Crippen molar-refractivity contribution in [2.75, 3.05) is 0 Å². The molecular weight excluding hydrogens is 266 g/mol. The molecule has 18 heavy (non-hydrogen) atoms. The minimum Gasteiger partial charge on any atom is -0.308 e. The molecule has 0 aliphatic rings. The van der Waals surface area contributed by atoms with E-state index in [1.165, 1.54) is 6.08 Å². The molecule has 0 saturated heterocycles. The van der Waals surface area contributed by atoms with Gasteiger partial charge in [-0.3, -0.25) is 4.79 Å². The summed E-state index contributed by atoms with van der Waals surface area (Å²) in [6.07, 6.45) is 5.71. The molecule has 0 unspecified atom stereocenters. The van der Waals surface area contributed by atoms with E-state index in [1.807, 2.05) is 47.2 Å². The van der Waals surface area contributed by atoms with Gasteiger partial charge in [-0.2, -0.15) is 0 Å². The van der Waals surface area contributed by atoms with Crippen molar-refractivity contribution in [1.82, 2.24) is 4.57 Å². The van der Waals surface area contributed by atoms with Gasteiger partial charge in [-0.1, -0.05) is 36.0 Å². The van der Waals surface area contributed by atoms with Gasteiger partial charge in [0, 0.05) is 22.5 Å². The van der Waals surface area contributed by atoms with Crippen LogP contribution in [0.1, 0.15) is 5.56 Å². The van der Waals surface area contributed by atoms with Crippen molar-refractivity contribution in [2.45, 2.75) is 0 Å². The zero-order valence-electron chi connectivity index (χ0n) is 9.42. The van der Waals surface area contributed by atoms with Crippen LogP contribution in [0.2, 0.25) is 5.02 Å². The van der Waals surface area contributed by atoms with Crippen molar-refractivity contribution in [2.24, 2.45) is 0 Å². The summed E-state index contributed by atoms with van der Waals surface area (Å²) >= 11 is 11.3. The lowest BCUT2D eigenvalue weighted by Crippen LogP contribution is -1.97. The molecule has 90 valence electrons. The van der Waals surface area contributed by atoms with Gasteiger partial charge >= 0.3 is 0 Å². The fourth-order valence-electron chi connectivity index (χ4n) is 1.61. The molecule has 0 fully saturated rings. The standard InChI is InChI=1S/C14H10ClNOS/c15-12-6-1-7-13(10-12)16-8-2-4-11(14(16)18)5-3-9-17/h1-10H/b5-3+. The van der Waals surface area contributed by atoms with Crippen LogP contribution in [0.15, 0.2) is 48.7 Å². The summed E-state index contributed by atoms with van der Waals surface area (Å²) in [7, 11) is 0. The summed E-state index contributed by atoms with van der Waals surface area (Å²) < 4.78 is 2.49. The van der Waals surface area contributed by atoms with Crippen LogP contribution in [-0.4, -0.2) is 10.9 Å². The summed E-state index contributed by atoms with van der Waals surface area (Å²) in [6.45, 7) is 0. The Bertz CT molecular complexity index is 661. The fraction of sp³-hybridized carbons (Fsp3) is 0. The molecule has 0 spiro atoms. The molecule has 0 radical (unpaired) electrons. The van der Waals surface area contributed by atoms with Crippen molar-refractivity contribution < 1.29 is 4.79 Å². The highest BCUT2D eigenvalue weighted by Gasteiger charge is 2.00. The predicted octanol–water partition coefficient (Wildman–Crippen LogP) is 4.07. The van der Waals surface area contributed by atoms with E-state index in [0.29, 0.717) is 9.66 Å². The van der Waals surface area contributed by atoms with Gasteiger partial charge in [-0.15, -0.1) is 0 Å². The van der Waals surface area contributed by atoms with Gasteiger partial charge < -0.3 is 4.57 Å². The molecule has 2 rings (SSSR count). The zero-order chi connectivity index (χ0) is 13.0. The van der Waals surface area contributed by atoms with E-state index in [2.05, 4.69) is 0 Å². The maximum absolute atomic E-state index is 10.3. The highest BCUT2D eigenvalue weighted by atomic mass is 35.5. The SMILES string of the molecule is O=C/C=C/c1cccn(-c2cccc(Cl)c2)c1=S. The summed E-state index contributed by atoms with van der Waals surface area (Å²) in [6, 6.07) is 11.2. The van der Waals surface area contributed by atoms with Crippen molar-refractivity contribution in [3.8, 4) is 5.69 Å². The van der Waals surface area contributed by atoms with Crippen LogP contribution in [0, 0.1) is 4.64 Å². The second-order valence-electron chi connectivity index (χ2n) is 3.61. The quantitative estimate of drug-likeness (QED) is 0.478. The molecule has 0 bridgehead atoms. The first-order chi connectivity index (χ1) is 8.72. The minimum atomic E-state index is 0.637. The molecule has 0 N–H and O–H groups in total. The number of aromatic nitrogens is 1. The van der Waals surface area contributed by atoms with E-state index in [9.17, 15) is 4.79 Å². The highest BCUT2D eigenvalue weighted by molar-refractivity contribution is 7.71. The molecule has 0 saturated carbocycles. The van der Waals surface area contributed by atoms with Crippen molar-refractivity contribution in [3.63, 3.8) is 0 Å². The third-order valence-electron chi connectivity index (χ3n) is 2.42. The molecule has 0 aliphatic carbocycles. The molecule has 1 aromatic carbocycles. The first-order valence-electron chi connectivity index (χ1n) is 5.32. The van der Waals surface area contributed by atoms with Gasteiger partial charge in [-0.05, 0) is 36.4 Å². The number of halogens is 1. The Labute approximate surface area is 115 Å². The van der Waals surface area contributed by atoms with Crippen LogP contribution in [0.25, 0.3) is 11.8 Å². The largest absolute Gasteiger partial charge is 0.308 e. The molecule has 4 heteroatoms. The van der Waals surface area contributed by atoms with E-state index >= 15 is 0 Å². The summed E-state index contributed by atoms with van der Waals surface area (Å²) in [5, 5.41) is 0.656. The molecular formula is C14H10ClNOS. The molecule has 1 heterocycles.